The molecule has 0 unspecified atom stereocenters. The highest BCUT2D eigenvalue weighted by Crippen LogP contribution is 2.33. The first-order valence-corrected chi connectivity index (χ1v) is 7.30. The Labute approximate surface area is 120 Å². The molecule has 1 aliphatic rings. The molecule has 0 bridgehead atoms. The highest BCUT2D eigenvalue weighted by atomic mass is 16.5. The Morgan fingerprint density at radius 3 is 2.80 bits per heavy atom. The van der Waals surface area contributed by atoms with Gasteiger partial charge in [-0.1, -0.05) is 36.4 Å². The fourth-order valence-corrected chi connectivity index (χ4v) is 2.77. The van der Waals surface area contributed by atoms with Gasteiger partial charge in [0.1, 0.15) is 5.75 Å². The molecule has 3 rings (SSSR count). The topological polar surface area (TPSA) is 29.5 Å². The van der Waals surface area contributed by atoms with Crippen LogP contribution in [0.15, 0.2) is 48.5 Å². The minimum Gasteiger partial charge on any atom is -0.494 e. The number of aryl methyl sites for hydroxylation is 2. The monoisotopic (exact) mass is 268 g/mol. The Hall–Kier alpha value is -1.80. The van der Waals surface area contributed by atoms with Crippen LogP contribution in [0.1, 0.15) is 35.6 Å². The lowest BCUT2D eigenvalue weighted by Crippen LogP contribution is -2.00. The van der Waals surface area contributed by atoms with Crippen LogP contribution >= 0.6 is 0 Å². The van der Waals surface area contributed by atoms with Crippen molar-refractivity contribution in [3.63, 3.8) is 0 Å². The quantitative estimate of drug-likeness (QED) is 0.838. The molecule has 0 spiro atoms. The summed E-state index contributed by atoms with van der Waals surface area (Å²) in [5, 5.41) is 9.77. The predicted molar refractivity (Wildman–Crippen MR) is 80.0 cm³/mol. The lowest BCUT2D eigenvalue weighted by Gasteiger charge is -2.09. The first kappa shape index (κ1) is 13.2. The zero-order valence-electron chi connectivity index (χ0n) is 11.6. The van der Waals surface area contributed by atoms with Crippen LogP contribution in [0.2, 0.25) is 0 Å². The van der Waals surface area contributed by atoms with Crippen LogP contribution in [0.5, 0.6) is 5.75 Å². The Morgan fingerprint density at radius 2 is 1.95 bits per heavy atom. The number of aliphatic hydroxyl groups is 1. The van der Waals surface area contributed by atoms with Gasteiger partial charge in [0, 0.05) is 0 Å². The molecule has 0 amide bonds. The Kier molecular flexibility index (Phi) is 4.03. The smallest absolute Gasteiger partial charge is 0.119 e. The summed E-state index contributed by atoms with van der Waals surface area (Å²) in [4.78, 5) is 0. The molecule has 2 aromatic carbocycles. The minimum atomic E-state index is -0.280. The second-order valence-corrected chi connectivity index (χ2v) is 5.35. The van der Waals surface area contributed by atoms with E-state index in [9.17, 15) is 5.11 Å². The lowest BCUT2D eigenvalue weighted by molar-refractivity contribution is 0.180. The fourth-order valence-electron chi connectivity index (χ4n) is 2.77. The normalized spacial score (nSPS) is 16.9. The highest BCUT2D eigenvalue weighted by Gasteiger charge is 2.20. The van der Waals surface area contributed by atoms with Crippen LogP contribution in [0.4, 0.5) is 0 Å². The number of hydrogen-bond acceptors (Lipinski definition) is 2. The first-order chi connectivity index (χ1) is 9.83. The summed E-state index contributed by atoms with van der Waals surface area (Å²) >= 11 is 0. The van der Waals surface area contributed by atoms with Gasteiger partial charge in [0.2, 0.25) is 0 Å². The Morgan fingerprint density at radius 1 is 1.10 bits per heavy atom. The highest BCUT2D eigenvalue weighted by molar-refractivity contribution is 5.39. The van der Waals surface area contributed by atoms with Gasteiger partial charge in [-0.2, -0.15) is 0 Å². The number of ether oxygens (including phenoxy) is 1. The van der Waals surface area contributed by atoms with E-state index in [1.807, 2.05) is 18.2 Å². The minimum absolute atomic E-state index is 0.280. The SMILES string of the molecule is O[C@H]1CCc2cc(OCCCc3ccccc3)ccc21. The van der Waals surface area contributed by atoms with E-state index in [2.05, 4.69) is 30.3 Å². The average molecular weight is 268 g/mol. The van der Waals surface area contributed by atoms with Crippen LogP contribution in [0.3, 0.4) is 0 Å². The van der Waals surface area contributed by atoms with E-state index < -0.39 is 0 Å². The van der Waals surface area contributed by atoms with E-state index in [1.54, 1.807) is 0 Å². The number of fused-ring (bicyclic) bond motifs is 1. The molecule has 2 heteroatoms. The Bertz CT molecular complexity index is 563. The van der Waals surface area contributed by atoms with Gasteiger partial charge in [-0.05, 0) is 54.5 Å². The fraction of sp³-hybridized carbons (Fsp3) is 0.333. The van der Waals surface area contributed by atoms with Gasteiger partial charge in [-0.15, -0.1) is 0 Å². The maximum Gasteiger partial charge on any atom is 0.119 e. The number of aliphatic hydroxyl groups excluding tert-OH is 1. The molecule has 0 radical (unpaired) electrons. The second-order valence-electron chi connectivity index (χ2n) is 5.35. The summed E-state index contributed by atoms with van der Waals surface area (Å²) in [6, 6.07) is 16.5. The maximum absolute atomic E-state index is 9.77. The predicted octanol–water partition coefficient (Wildman–Crippen LogP) is 3.68. The van der Waals surface area contributed by atoms with Gasteiger partial charge >= 0.3 is 0 Å². The van der Waals surface area contributed by atoms with Crippen LogP contribution in [0.25, 0.3) is 0 Å². The lowest BCUT2D eigenvalue weighted by atomic mass is 10.1. The number of benzene rings is 2. The van der Waals surface area contributed by atoms with Gasteiger partial charge in [0.05, 0.1) is 12.7 Å². The molecule has 104 valence electrons. The summed E-state index contributed by atoms with van der Waals surface area (Å²) in [5.41, 5.74) is 3.66. The van der Waals surface area contributed by atoms with Crippen molar-refractivity contribution in [1.82, 2.24) is 0 Å². The van der Waals surface area contributed by atoms with Crippen LogP contribution in [-0.2, 0) is 12.8 Å². The number of rotatable bonds is 5. The third-order valence-corrected chi connectivity index (χ3v) is 3.88. The molecule has 1 atom stereocenters. The largest absolute Gasteiger partial charge is 0.494 e. The first-order valence-electron chi connectivity index (χ1n) is 7.30. The van der Waals surface area contributed by atoms with Crippen LogP contribution in [-0.4, -0.2) is 11.7 Å². The van der Waals surface area contributed by atoms with E-state index in [-0.39, 0.29) is 6.10 Å². The third kappa shape index (κ3) is 3.02. The van der Waals surface area contributed by atoms with E-state index in [0.29, 0.717) is 0 Å². The molecule has 0 aromatic heterocycles. The molecule has 2 aromatic rings. The van der Waals surface area contributed by atoms with Crippen molar-refractivity contribution in [2.45, 2.75) is 31.8 Å². The maximum atomic E-state index is 9.77. The summed E-state index contributed by atoms with van der Waals surface area (Å²) in [6.07, 6.45) is 3.58. The van der Waals surface area contributed by atoms with Crippen LogP contribution < -0.4 is 4.74 Å². The summed E-state index contributed by atoms with van der Waals surface area (Å²) in [6.45, 7) is 0.732. The molecular formula is C18H20O2. The molecule has 0 saturated carbocycles. The molecule has 1 aliphatic carbocycles. The van der Waals surface area contributed by atoms with Gasteiger partial charge in [-0.3, -0.25) is 0 Å². The van der Waals surface area contributed by atoms with Crippen molar-refractivity contribution in [1.29, 1.82) is 0 Å². The van der Waals surface area contributed by atoms with Gasteiger partial charge in [0.15, 0.2) is 0 Å². The second kappa shape index (κ2) is 6.10. The molecule has 0 fully saturated rings. The third-order valence-electron chi connectivity index (χ3n) is 3.88. The van der Waals surface area contributed by atoms with Crippen LogP contribution in [0, 0.1) is 0 Å². The van der Waals surface area contributed by atoms with Gasteiger partial charge in [-0.25, -0.2) is 0 Å². The van der Waals surface area contributed by atoms with E-state index >= 15 is 0 Å². The van der Waals surface area contributed by atoms with Gasteiger partial charge in [0.25, 0.3) is 0 Å². The average Bonchev–Trinajstić information content (AvgIpc) is 2.86. The van der Waals surface area contributed by atoms with Crippen molar-refractivity contribution in [3.05, 3.63) is 65.2 Å². The van der Waals surface area contributed by atoms with Crippen molar-refractivity contribution < 1.29 is 9.84 Å². The molecule has 0 aliphatic heterocycles. The Balaban J connectivity index is 1.50. The summed E-state index contributed by atoms with van der Waals surface area (Å²) in [5.74, 6) is 0.922. The molecule has 2 nitrogen and oxygen atoms in total. The van der Waals surface area contributed by atoms with E-state index in [0.717, 1.165) is 43.6 Å². The van der Waals surface area contributed by atoms with Crippen molar-refractivity contribution >= 4 is 0 Å². The van der Waals surface area contributed by atoms with Crippen molar-refractivity contribution in [2.75, 3.05) is 6.61 Å². The number of hydrogen-bond donors (Lipinski definition) is 1. The molecular weight excluding hydrogens is 248 g/mol. The zero-order chi connectivity index (χ0) is 13.8. The molecule has 20 heavy (non-hydrogen) atoms. The molecule has 1 N–H and O–H groups in total. The molecule has 0 heterocycles. The van der Waals surface area contributed by atoms with Crippen molar-refractivity contribution in [3.8, 4) is 5.75 Å². The van der Waals surface area contributed by atoms with Gasteiger partial charge < -0.3 is 9.84 Å². The van der Waals surface area contributed by atoms with E-state index in [4.69, 9.17) is 4.74 Å². The van der Waals surface area contributed by atoms with Crippen molar-refractivity contribution in [2.24, 2.45) is 0 Å². The van der Waals surface area contributed by atoms with E-state index in [1.165, 1.54) is 11.1 Å². The zero-order valence-corrected chi connectivity index (χ0v) is 11.6. The summed E-state index contributed by atoms with van der Waals surface area (Å²) in [7, 11) is 0. The standard InChI is InChI=1S/C18H20O2/c19-18-11-8-15-13-16(9-10-17(15)18)20-12-4-7-14-5-2-1-3-6-14/h1-3,5-6,9-10,13,18-19H,4,7-8,11-12H2/t18-/m0/s1. The molecule has 0 saturated heterocycles. The summed E-state index contributed by atoms with van der Waals surface area (Å²) < 4.78 is 5.81.